The average Bonchev–Trinajstić information content (AvgIpc) is 3.01. The van der Waals surface area contributed by atoms with Crippen LogP contribution >= 0.6 is 0 Å². The van der Waals surface area contributed by atoms with Crippen LogP contribution in [0.4, 0.5) is 5.69 Å². The third kappa shape index (κ3) is 4.03. The zero-order chi connectivity index (χ0) is 16.1. The minimum atomic E-state index is 0.586. The van der Waals surface area contributed by atoms with Crippen molar-refractivity contribution >= 4 is 11.6 Å². The van der Waals surface area contributed by atoms with Gasteiger partial charge in [-0.3, -0.25) is 9.89 Å². The minimum absolute atomic E-state index is 0.586. The Hall–Kier alpha value is -1.59. The molecule has 0 spiro atoms. The molecule has 126 valence electrons. The lowest BCUT2D eigenvalue weighted by Crippen LogP contribution is -2.45. The van der Waals surface area contributed by atoms with E-state index in [1.54, 1.807) is 0 Å². The average molecular weight is 316 g/mol. The molecule has 3 rings (SSSR count). The molecule has 2 aliphatic heterocycles. The number of hydrogen-bond acceptors (Lipinski definition) is 3. The summed E-state index contributed by atoms with van der Waals surface area (Å²) in [6, 6.07) is 8.62. The number of nitrogens with one attached hydrogen (secondary N) is 1. The first-order chi connectivity index (χ1) is 11.3. The molecule has 0 saturated carbocycles. The van der Waals surface area contributed by atoms with Crippen molar-refractivity contribution in [2.24, 2.45) is 10.9 Å². The smallest absolute Gasteiger partial charge is 0.198 e. The van der Waals surface area contributed by atoms with Crippen molar-refractivity contribution in [3.8, 4) is 0 Å². The van der Waals surface area contributed by atoms with E-state index in [2.05, 4.69) is 51.3 Å². The molecule has 1 unspecified atom stereocenters. The largest absolute Gasteiger partial charge is 0.379 e. The number of hydrogen-bond donors (Lipinski definition) is 1. The SMILES string of the molecule is CN=C(NCC(C)CN1CCOCC1)N1CCc2ccccc21. The third-order valence-electron chi connectivity index (χ3n) is 4.64. The Balaban J connectivity index is 1.52. The van der Waals surface area contributed by atoms with Gasteiger partial charge in [-0.1, -0.05) is 25.1 Å². The molecule has 0 radical (unpaired) electrons. The van der Waals surface area contributed by atoms with Crippen LogP contribution in [0.2, 0.25) is 0 Å². The molecule has 2 heterocycles. The van der Waals surface area contributed by atoms with Crippen molar-refractivity contribution in [1.29, 1.82) is 0 Å². The van der Waals surface area contributed by atoms with Gasteiger partial charge in [-0.15, -0.1) is 0 Å². The molecule has 0 amide bonds. The number of benzene rings is 1. The second kappa shape index (κ2) is 7.79. The van der Waals surface area contributed by atoms with Crippen LogP contribution in [0, 0.1) is 5.92 Å². The molecule has 0 bridgehead atoms. The van der Waals surface area contributed by atoms with Gasteiger partial charge in [0.1, 0.15) is 0 Å². The zero-order valence-electron chi connectivity index (χ0n) is 14.3. The Morgan fingerprint density at radius 1 is 1.26 bits per heavy atom. The molecule has 1 saturated heterocycles. The van der Waals surface area contributed by atoms with E-state index in [1.165, 1.54) is 11.3 Å². The van der Waals surface area contributed by atoms with Gasteiger partial charge in [0.2, 0.25) is 0 Å². The highest BCUT2D eigenvalue weighted by atomic mass is 16.5. The summed E-state index contributed by atoms with van der Waals surface area (Å²) in [7, 11) is 1.87. The molecular formula is C18H28N4O. The maximum Gasteiger partial charge on any atom is 0.198 e. The molecule has 1 fully saturated rings. The monoisotopic (exact) mass is 316 g/mol. The van der Waals surface area contributed by atoms with Crippen LogP contribution in [0.25, 0.3) is 0 Å². The van der Waals surface area contributed by atoms with Gasteiger partial charge in [0.05, 0.1) is 13.2 Å². The molecule has 2 aliphatic rings. The molecule has 5 nitrogen and oxygen atoms in total. The van der Waals surface area contributed by atoms with Gasteiger partial charge in [0, 0.05) is 45.5 Å². The number of aliphatic imine (C=N–C) groups is 1. The second-order valence-corrected chi connectivity index (χ2v) is 6.48. The Morgan fingerprint density at radius 3 is 2.83 bits per heavy atom. The Bertz CT molecular complexity index is 540. The number of guanidine groups is 1. The molecule has 1 atom stereocenters. The summed E-state index contributed by atoms with van der Waals surface area (Å²) in [6.45, 7) is 9.22. The van der Waals surface area contributed by atoms with E-state index in [1.807, 2.05) is 7.05 Å². The molecule has 23 heavy (non-hydrogen) atoms. The van der Waals surface area contributed by atoms with E-state index in [-0.39, 0.29) is 0 Å². The predicted octanol–water partition coefficient (Wildman–Crippen LogP) is 1.59. The van der Waals surface area contributed by atoms with Crippen molar-refractivity contribution in [2.45, 2.75) is 13.3 Å². The lowest BCUT2D eigenvalue weighted by molar-refractivity contribution is 0.0320. The van der Waals surface area contributed by atoms with Crippen LogP contribution in [0.1, 0.15) is 12.5 Å². The van der Waals surface area contributed by atoms with E-state index in [4.69, 9.17) is 4.74 Å². The summed E-state index contributed by atoms with van der Waals surface area (Å²) >= 11 is 0. The summed E-state index contributed by atoms with van der Waals surface area (Å²) in [5.74, 6) is 1.58. The fourth-order valence-corrected chi connectivity index (χ4v) is 3.41. The number of anilines is 1. The van der Waals surface area contributed by atoms with Crippen LogP contribution in [-0.4, -0.2) is 63.8 Å². The van der Waals surface area contributed by atoms with Crippen molar-refractivity contribution in [3.63, 3.8) is 0 Å². The number of morpholine rings is 1. The molecule has 1 N–H and O–H groups in total. The number of ether oxygens (including phenoxy) is 1. The predicted molar refractivity (Wildman–Crippen MR) is 95.3 cm³/mol. The second-order valence-electron chi connectivity index (χ2n) is 6.48. The van der Waals surface area contributed by atoms with Crippen molar-refractivity contribution < 1.29 is 4.74 Å². The van der Waals surface area contributed by atoms with Gasteiger partial charge < -0.3 is 15.0 Å². The standard InChI is InChI=1S/C18H28N4O/c1-15(14-21-9-11-23-12-10-21)13-20-18(19-2)22-8-7-16-5-3-4-6-17(16)22/h3-6,15H,7-14H2,1-2H3,(H,19,20). The lowest BCUT2D eigenvalue weighted by Gasteiger charge is -2.30. The van der Waals surface area contributed by atoms with Crippen molar-refractivity contribution in [2.75, 3.05) is 57.9 Å². The molecule has 0 aliphatic carbocycles. The Labute approximate surface area is 139 Å². The summed E-state index contributed by atoms with van der Waals surface area (Å²) < 4.78 is 5.41. The van der Waals surface area contributed by atoms with E-state index >= 15 is 0 Å². The summed E-state index contributed by atoms with van der Waals surface area (Å²) in [4.78, 5) is 9.28. The topological polar surface area (TPSA) is 40.1 Å². The summed E-state index contributed by atoms with van der Waals surface area (Å²) in [5, 5.41) is 3.56. The fraction of sp³-hybridized carbons (Fsp3) is 0.611. The number of nitrogens with zero attached hydrogens (tertiary/aromatic N) is 3. The van der Waals surface area contributed by atoms with Crippen LogP contribution in [0.15, 0.2) is 29.3 Å². The molecule has 5 heteroatoms. The third-order valence-corrected chi connectivity index (χ3v) is 4.64. The van der Waals surface area contributed by atoms with Gasteiger partial charge in [0.25, 0.3) is 0 Å². The zero-order valence-corrected chi connectivity index (χ0v) is 14.3. The van der Waals surface area contributed by atoms with Crippen LogP contribution < -0.4 is 10.2 Å². The highest BCUT2D eigenvalue weighted by Crippen LogP contribution is 2.27. The van der Waals surface area contributed by atoms with Crippen LogP contribution in [0.3, 0.4) is 0 Å². The Morgan fingerprint density at radius 2 is 2.04 bits per heavy atom. The van der Waals surface area contributed by atoms with E-state index < -0.39 is 0 Å². The highest BCUT2D eigenvalue weighted by molar-refractivity contribution is 5.97. The fourth-order valence-electron chi connectivity index (χ4n) is 3.41. The van der Waals surface area contributed by atoms with Gasteiger partial charge >= 0.3 is 0 Å². The van der Waals surface area contributed by atoms with Crippen molar-refractivity contribution in [1.82, 2.24) is 10.2 Å². The highest BCUT2D eigenvalue weighted by Gasteiger charge is 2.22. The maximum atomic E-state index is 5.41. The first kappa shape index (κ1) is 16.3. The maximum absolute atomic E-state index is 5.41. The van der Waals surface area contributed by atoms with Crippen molar-refractivity contribution in [3.05, 3.63) is 29.8 Å². The minimum Gasteiger partial charge on any atom is -0.379 e. The molecular weight excluding hydrogens is 288 g/mol. The lowest BCUT2D eigenvalue weighted by atomic mass is 10.1. The van der Waals surface area contributed by atoms with Gasteiger partial charge in [-0.05, 0) is 24.0 Å². The first-order valence-corrected chi connectivity index (χ1v) is 8.64. The normalized spacial score (nSPS) is 20.4. The molecule has 1 aromatic carbocycles. The van der Waals surface area contributed by atoms with Crippen LogP contribution in [0.5, 0.6) is 0 Å². The number of para-hydroxylation sites is 1. The van der Waals surface area contributed by atoms with E-state index in [0.29, 0.717) is 5.92 Å². The van der Waals surface area contributed by atoms with Crippen LogP contribution in [-0.2, 0) is 11.2 Å². The molecule has 1 aromatic rings. The number of fused-ring (bicyclic) bond motifs is 1. The summed E-state index contributed by atoms with van der Waals surface area (Å²) in [5.41, 5.74) is 2.71. The molecule has 0 aromatic heterocycles. The van der Waals surface area contributed by atoms with E-state index in [9.17, 15) is 0 Å². The quantitative estimate of drug-likeness (QED) is 0.676. The Kier molecular flexibility index (Phi) is 5.51. The van der Waals surface area contributed by atoms with Gasteiger partial charge in [-0.2, -0.15) is 0 Å². The first-order valence-electron chi connectivity index (χ1n) is 8.64. The number of rotatable bonds is 4. The van der Waals surface area contributed by atoms with Gasteiger partial charge in [-0.25, -0.2) is 0 Å². The van der Waals surface area contributed by atoms with E-state index in [0.717, 1.165) is 58.3 Å². The van der Waals surface area contributed by atoms with Gasteiger partial charge in [0.15, 0.2) is 5.96 Å². The summed E-state index contributed by atoms with van der Waals surface area (Å²) in [6.07, 6.45) is 1.10.